The van der Waals surface area contributed by atoms with Crippen LogP contribution in [-0.4, -0.2) is 17.9 Å². The van der Waals surface area contributed by atoms with Gasteiger partial charge in [-0.1, -0.05) is 42.5 Å². The predicted octanol–water partition coefficient (Wildman–Crippen LogP) is 2.81. The highest BCUT2D eigenvalue weighted by Crippen LogP contribution is 2.17. The Kier molecular flexibility index (Phi) is 4.75. The molecule has 2 amide bonds. The molecule has 0 radical (unpaired) electrons. The summed E-state index contributed by atoms with van der Waals surface area (Å²) in [5.41, 5.74) is 6.59. The molecule has 3 rings (SSSR count). The largest absolute Gasteiger partial charge is 0.368 e. The minimum absolute atomic E-state index is 0.270. The lowest BCUT2D eigenvalue weighted by atomic mass is 10.0. The van der Waals surface area contributed by atoms with E-state index in [9.17, 15) is 14.0 Å². The van der Waals surface area contributed by atoms with Crippen LogP contribution in [-0.2, 0) is 11.2 Å². The van der Waals surface area contributed by atoms with E-state index in [0.29, 0.717) is 0 Å². The highest BCUT2D eigenvalue weighted by molar-refractivity contribution is 5.97. The molecule has 0 saturated carbocycles. The SMILES string of the molecule is NC(=O)[C@@H](Cc1ccc2ccccc2c1)NC(=O)c1ccc(F)cc1. The number of nitrogens with two attached hydrogens (primary N) is 1. The number of benzene rings is 3. The summed E-state index contributed by atoms with van der Waals surface area (Å²) in [7, 11) is 0. The maximum absolute atomic E-state index is 13.0. The van der Waals surface area contributed by atoms with Gasteiger partial charge in [0.05, 0.1) is 0 Å². The molecule has 3 aromatic rings. The monoisotopic (exact) mass is 336 g/mol. The molecule has 3 aromatic carbocycles. The molecule has 0 aromatic heterocycles. The van der Waals surface area contributed by atoms with Gasteiger partial charge in [0.1, 0.15) is 11.9 Å². The second kappa shape index (κ2) is 7.13. The van der Waals surface area contributed by atoms with Crippen molar-refractivity contribution in [3.05, 3.63) is 83.7 Å². The van der Waals surface area contributed by atoms with Crippen LogP contribution in [0.5, 0.6) is 0 Å². The Morgan fingerprint density at radius 2 is 1.64 bits per heavy atom. The van der Waals surface area contributed by atoms with Crippen molar-refractivity contribution in [1.82, 2.24) is 5.32 Å². The van der Waals surface area contributed by atoms with Crippen molar-refractivity contribution < 1.29 is 14.0 Å². The maximum Gasteiger partial charge on any atom is 0.251 e. The van der Waals surface area contributed by atoms with Crippen LogP contribution in [0, 0.1) is 5.82 Å². The Balaban J connectivity index is 1.77. The highest BCUT2D eigenvalue weighted by Gasteiger charge is 2.19. The second-order valence-electron chi connectivity index (χ2n) is 5.82. The predicted molar refractivity (Wildman–Crippen MR) is 94.5 cm³/mol. The van der Waals surface area contributed by atoms with E-state index < -0.39 is 23.7 Å². The smallest absolute Gasteiger partial charge is 0.251 e. The van der Waals surface area contributed by atoms with E-state index in [0.717, 1.165) is 16.3 Å². The Labute approximate surface area is 144 Å². The van der Waals surface area contributed by atoms with Crippen molar-refractivity contribution in [3.63, 3.8) is 0 Å². The summed E-state index contributed by atoms with van der Waals surface area (Å²) in [5.74, 6) is -1.52. The molecule has 0 fully saturated rings. The molecule has 0 aliphatic carbocycles. The molecule has 0 bridgehead atoms. The minimum Gasteiger partial charge on any atom is -0.368 e. The molecule has 126 valence electrons. The molecular weight excluding hydrogens is 319 g/mol. The highest BCUT2D eigenvalue weighted by atomic mass is 19.1. The lowest BCUT2D eigenvalue weighted by molar-refractivity contribution is -0.119. The van der Waals surface area contributed by atoms with Gasteiger partial charge in [-0.3, -0.25) is 9.59 Å². The summed E-state index contributed by atoms with van der Waals surface area (Å²) in [6.07, 6.45) is 0.285. The molecule has 5 heteroatoms. The molecule has 3 N–H and O–H groups in total. The van der Waals surface area contributed by atoms with Gasteiger partial charge in [-0.05, 0) is 40.6 Å². The van der Waals surface area contributed by atoms with Crippen molar-refractivity contribution in [3.8, 4) is 0 Å². The molecule has 0 spiro atoms. The zero-order chi connectivity index (χ0) is 17.8. The van der Waals surface area contributed by atoms with Gasteiger partial charge in [-0.25, -0.2) is 4.39 Å². The van der Waals surface area contributed by atoms with E-state index in [4.69, 9.17) is 5.73 Å². The van der Waals surface area contributed by atoms with Crippen molar-refractivity contribution in [2.75, 3.05) is 0 Å². The van der Waals surface area contributed by atoms with E-state index in [1.165, 1.54) is 24.3 Å². The van der Waals surface area contributed by atoms with Crippen LogP contribution in [0.25, 0.3) is 10.8 Å². The number of nitrogens with one attached hydrogen (secondary N) is 1. The quantitative estimate of drug-likeness (QED) is 0.752. The Morgan fingerprint density at radius 1 is 0.960 bits per heavy atom. The third-order valence-corrected chi connectivity index (χ3v) is 4.01. The maximum atomic E-state index is 13.0. The first-order chi connectivity index (χ1) is 12.0. The van der Waals surface area contributed by atoms with E-state index in [-0.39, 0.29) is 12.0 Å². The normalized spacial score (nSPS) is 11.9. The third-order valence-electron chi connectivity index (χ3n) is 4.01. The zero-order valence-corrected chi connectivity index (χ0v) is 13.4. The van der Waals surface area contributed by atoms with Crippen molar-refractivity contribution in [1.29, 1.82) is 0 Å². The van der Waals surface area contributed by atoms with Gasteiger partial charge in [0.15, 0.2) is 0 Å². The summed E-state index contributed by atoms with van der Waals surface area (Å²) in [6, 6.07) is 18.0. The van der Waals surface area contributed by atoms with Gasteiger partial charge in [-0.15, -0.1) is 0 Å². The molecule has 0 unspecified atom stereocenters. The van der Waals surface area contributed by atoms with Gasteiger partial charge < -0.3 is 11.1 Å². The fourth-order valence-corrected chi connectivity index (χ4v) is 2.67. The molecule has 0 aliphatic heterocycles. The molecule has 4 nitrogen and oxygen atoms in total. The van der Waals surface area contributed by atoms with Crippen LogP contribution in [0.1, 0.15) is 15.9 Å². The molecule has 0 aliphatic rings. The summed E-state index contributed by atoms with van der Waals surface area (Å²) < 4.78 is 13.0. The molecule has 0 heterocycles. The van der Waals surface area contributed by atoms with Crippen LogP contribution in [0.4, 0.5) is 4.39 Å². The van der Waals surface area contributed by atoms with Gasteiger partial charge in [0.25, 0.3) is 5.91 Å². The molecule has 25 heavy (non-hydrogen) atoms. The Hall–Kier alpha value is -3.21. The number of primary amides is 1. The van der Waals surface area contributed by atoms with E-state index >= 15 is 0 Å². The number of carbonyl (C=O) groups excluding carboxylic acids is 2. The average Bonchev–Trinajstić information content (AvgIpc) is 2.61. The first-order valence-corrected chi connectivity index (χ1v) is 7.86. The van der Waals surface area contributed by atoms with Crippen LogP contribution < -0.4 is 11.1 Å². The van der Waals surface area contributed by atoms with E-state index in [2.05, 4.69) is 5.32 Å². The summed E-state index contributed by atoms with van der Waals surface area (Å²) in [5, 5.41) is 4.76. The number of amides is 2. The fraction of sp³-hybridized carbons (Fsp3) is 0.100. The van der Waals surface area contributed by atoms with Crippen LogP contribution in [0.2, 0.25) is 0 Å². The van der Waals surface area contributed by atoms with Gasteiger partial charge in [0.2, 0.25) is 5.91 Å². The lowest BCUT2D eigenvalue weighted by Gasteiger charge is -2.16. The van der Waals surface area contributed by atoms with E-state index in [1.54, 1.807) is 0 Å². The summed E-state index contributed by atoms with van der Waals surface area (Å²) in [4.78, 5) is 24.0. The number of hydrogen-bond acceptors (Lipinski definition) is 2. The molecular formula is C20H17FN2O2. The number of fused-ring (bicyclic) bond motifs is 1. The average molecular weight is 336 g/mol. The summed E-state index contributed by atoms with van der Waals surface area (Å²) in [6.45, 7) is 0. The van der Waals surface area contributed by atoms with Crippen LogP contribution in [0.3, 0.4) is 0 Å². The lowest BCUT2D eigenvalue weighted by Crippen LogP contribution is -2.45. The number of halogens is 1. The van der Waals surface area contributed by atoms with Crippen molar-refractivity contribution in [2.45, 2.75) is 12.5 Å². The second-order valence-corrected chi connectivity index (χ2v) is 5.82. The van der Waals surface area contributed by atoms with Crippen molar-refractivity contribution >= 4 is 22.6 Å². The Bertz CT molecular complexity index is 922. The Morgan fingerprint density at radius 3 is 2.32 bits per heavy atom. The van der Waals surface area contributed by atoms with Gasteiger partial charge in [-0.2, -0.15) is 0 Å². The van der Waals surface area contributed by atoms with Crippen LogP contribution >= 0.6 is 0 Å². The van der Waals surface area contributed by atoms with E-state index in [1.807, 2.05) is 42.5 Å². The first kappa shape index (κ1) is 16.6. The third kappa shape index (κ3) is 4.01. The fourth-order valence-electron chi connectivity index (χ4n) is 2.67. The first-order valence-electron chi connectivity index (χ1n) is 7.86. The summed E-state index contributed by atoms with van der Waals surface area (Å²) >= 11 is 0. The van der Waals surface area contributed by atoms with Crippen molar-refractivity contribution in [2.24, 2.45) is 5.73 Å². The molecule has 0 saturated heterocycles. The van der Waals surface area contributed by atoms with Gasteiger partial charge >= 0.3 is 0 Å². The standard InChI is InChI=1S/C20H17FN2O2/c21-17-9-7-15(8-10-17)20(25)23-18(19(22)24)12-13-5-6-14-3-1-2-4-16(14)11-13/h1-11,18H,12H2,(H2,22,24)(H,23,25)/t18-/m1/s1. The number of hydrogen-bond donors (Lipinski definition) is 2. The molecule has 1 atom stereocenters. The van der Waals surface area contributed by atoms with Gasteiger partial charge in [0, 0.05) is 12.0 Å². The van der Waals surface area contributed by atoms with Crippen LogP contribution in [0.15, 0.2) is 66.7 Å². The minimum atomic E-state index is -0.848. The zero-order valence-electron chi connectivity index (χ0n) is 13.4. The number of carbonyl (C=O) groups is 2. The topological polar surface area (TPSA) is 72.2 Å². The number of rotatable bonds is 5.